The van der Waals surface area contributed by atoms with Crippen LogP contribution in [0.15, 0.2) is 24.3 Å². The third-order valence-electron chi connectivity index (χ3n) is 2.83. The molecule has 0 fully saturated rings. The van der Waals surface area contributed by atoms with Gasteiger partial charge in [0.05, 0.1) is 11.6 Å². The first-order valence-corrected chi connectivity index (χ1v) is 5.85. The lowest BCUT2D eigenvalue weighted by atomic mass is 9.93. The van der Waals surface area contributed by atoms with Gasteiger partial charge in [0.1, 0.15) is 0 Å². The minimum atomic E-state index is -0.100. The minimum absolute atomic E-state index is 0. The average Bonchev–Trinajstić information content (AvgIpc) is 2.37. The van der Waals surface area contributed by atoms with Crippen molar-refractivity contribution in [3.05, 3.63) is 35.4 Å². The van der Waals surface area contributed by atoms with Crippen LogP contribution in [0.2, 0.25) is 0 Å². The first-order valence-electron chi connectivity index (χ1n) is 5.85. The zero-order valence-corrected chi connectivity index (χ0v) is 12.3. The quantitative estimate of drug-likeness (QED) is 0.918. The van der Waals surface area contributed by atoms with Gasteiger partial charge in [0.15, 0.2) is 0 Å². The van der Waals surface area contributed by atoms with Gasteiger partial charge >= 0.3 is 0 Å². The summed E-state index contributed by atoms with van der Waals surface area (Å²) in [4.78, 5) is 13.8. The number of nitrogens with two attached hydrogens (primary N) is 1. The Bertz CT molecular complexity index is 463. The maximum atomic E-state index is 12.1. The monoisotopic (exact) mass is 281 g/mol. The van der Waals surface area contributed by atoms with Gasteiger partial charge in [0.2, 0.25) is 0 Å². The summed E-state index contributed by atoms with van der Waals surface area (Å²) in [5, 5.41) is 8.70. The molecule has 0 heterocycles. The number of carbonyl (C=O) groups excluding carboxylic acids is 1. The lowest BCUT2D eigenvalue weighted by molar-refractivity contribution is 0.0740. The summed E-state index contributed by atoms with van der Waals surface area (Å²) < 4.78 is 0. The lowest BCUT2D eigenvalue weighted by Gasteiger charge is -2.29. The van der Waals surface area contributed by atoms with Crippen LogP contribution in [0.5, 0.6) is 0 Å². The molecule has 19 heavy (non-hydrogen) atoms. The minimum Gasteiger partial charge on any atom is -0.341 e. The number of halogens is 1. The molecular formula is C14H20ClN3O. The molecule has 2 N–H and O–H groups in total. The smallest absolute Gasteiger partial charge is 0.253 e. The van der Waals surface area contributed by atoms with Crippen LogP contribution < -0.4 is 5.73 Å². The van der Waals surface area contributed by atoms with E-state index in [1.807, 2.05) is 19.9 Å². The Balaban J connectivity index is 0.00000324. The number of nitriles is 1. The summed E-state index contributed by atoms with van der Waals surface area (Å²) in [5.41, 5.74) is 6.70. The molecule has 104 valence electrons. The van der Waals surface area contributed by atoms with Crippen LogP contribution in [0.1, 0.15) is 29.8 Å². The van der Waals surface area contributed by atoms with Crippen LogP contribution in [0, 0.1) is 16.7 Å². The third kappa shape index (κ3) is 4.90. The zero-order valence-electron chi connectivity index (χ0n) is 11.5. The molecule has 4 nitrogen and oxygen atoms in total. The summed E-state index contributed by atoms with van der Waals surface area (Å²) >= 11 is 0. The second kappa shape index (κ2) is 7.13. The molecule has 0 aliphatic carbocycles. The predicted octanol–water partition coefficient (Wildman–Crippen LogP) is 2.04. The van der Waals surface area contributed by atoms with Gasteiger partial charge in [0.25, 0.3) is 5.91 Å². The van der Waals surface area contributed by atoms with Crippen LogP contribution in [0.3, 0.4) is 0 Å². The van der Waals surface area contributed by atoms with E-state index in [1.54, 1.807) is 36.2 Å². The highest BCUT2D eigenvalue weighted by atomic mass is 35.5. The van der Waals surface area contributed by atoms with Gasteiger partial charge in [-0.25, -0.2) is 0 Å². The van der Waals surface area contributed by atoms with E-state index in [9.17, 15) is 4.79 Å². The molecule has 1 rings (SSSR count). The Hall–Kier alpha value is -1.57. The zero-order chi connectivity index (χ0) is 13.8. The Morgan fingerprint density at radius 3 is 2.32 bits per heavy atom. The lowest BCUT2D eigenvalue weighted by Crippen LogP contribution is -2.39. The normalized spacial score (nSPS) is 10.3. The first-order chi connectivity index (χ1) is 8.39. The fourth-order valence-corrected chi connectivity index (χ4v) is 1.69. The van der Waals surface area contributed by atoms with Gasteiger partial charge in [-0.1, -0.05) is 13.8 Å². The number of rotatable bonds is 4. The second-order valence-corrected chi connectivity index (χ2v) is 5.22. The molecule has 0 spiro atoms. The fourth-order valence-electron chi connectivity index (χ4n) is 1.69. The molecule has 1 aromatic rings. The fraction of sp³-hybridized carbons (Fsp3) is 0.429. The van der Waals surface area contributed by atoms with Gasteiger partial charge in [-0.3, -0.25) is 4.79 Å². The van der Waals surface area contributed by atoms with Crippen molar-refractivity contribution in [1.29, 1.82) is 5.26 Å². The average molecular weight is 282 g/mol. The van der Waals surface area contributed by atoms with Crippen molar-refractivity contribution in [1.82, 2.24) is 4.90 Å². The Morgan fingerprint density at radius 2 is 1.89 bits per heavy atom. The van der Waals surface area contributed by atoms with Crippen LogP contribution >= 0.6 is 12.4 Å². The maximum Gasteiger partial charge on any atom is 0.253 e. The van der Waals surface area contributed by atoms with Crippen molar-refractivity contribution < 1.29 is 4.79 Å². The van der Waals surface area contributed by atoms with Gasteiger partial charge in [-0.05, 0) is 36.2 Å². The molecule has 0 aliphatic rings. The molecule has 0 saturated heterocycles. The Labute approximate surface area is 120 Å². The van der Waals surface area contributed by atoms with E-state index in [0.29, 0.717) is 24.2 Å². The number of carbonyl (C=O) groups is 1. The third-order valence-corrected chi connectivity index (χ3v) is 2.83. The Morgan fingerprint density at radius 1 is 1.37 bits per heavy atom. The first kappa shape index (κ1) is 17.4. The summed E-state index contributed by atoms with van der Waals surface area (Å²) in [6.07, 6.45) is 0. The summed E-state index contributed by atoms with van der Waals surface area (Å²) in [7, 11) is 1.76. The van der Waals surface area contributed by atoms with Gasteiger partial charge in [0, 0.05) is 19.2 Å². The highest BCUT2D eigenvalue weighted by Gasteiger charge is 2.21. The summed E-state index contributed by atoms with van der Waals surface area (Å²) in [6, 6.07) is 8.67. The van der Waals surface area contributed by atoms with Crippen molar-refractivity contribution in [2.75, 3.05) is 20.1 Å². The summed E-state index contributed by atoms with van der Waals surface area (Å²) in [5.74, 6) is -0.0546. The van der Waals surface area contributed by atoms with Gasteiger partial charge in [-0.2, -0.15) is 5.26 Å². The van der Waals surface area contributed by atoms with E-state index in [-0.39, 0.29) is 23.7 Å². The summed E-state index contributed by atoms with van der Waals surface area (Å²) in [6.45, 7) is 5.17. The van der Waals surface area contributed by atoms with Crippen molar-refractivity contribution in [3.8, 4) is 6.07 Å². The van der Waals surface area contributed by atoms with E-state index in [2.05, 4.69) is 0 Å². The molecule has 0 atom stereocenters. The second-order valence-electron chi connectivity index (χ2n) is 5.22. The molecule has 5 heteroatoms. The highest BCUT2D eigenvalue weighted by molar-refractivity contribution is 5.94. The number of benzene rings is 1. The molecule has 0 saturated carbocycles. The van der Waals surface area contributed by atoms with Crippen molar-refractivity contribution in [3.63, 3.8) is 0 Å². The maximum absolute atomic E-state index is 12.1. The molecule has 0 unspecified atom stereocenters. The molecule has 1 aromatic carbocycles. The van der Waals surface area contributed by atoms with E-state index >= 15 is 0 Å². The molecule has 0 radical (unpaired) electrons. The van der Waals surface area contributed by atoms with Crippen molar-refractivity contribution in [2.24, 2.45) is 11.1 Å². The van der Waals surface area contributed by atoms with E-state index in [4.69, 9.17) is 11.0 Å². The Kier molecular flexibility index (Phi) is 6.54. The molecule has 1 amide bonds. The standard InChI is InChI=1S/C14H19N3O.ClH/c1-14(2,9-16)10-17(3)13(18)12-6-4-11(8-15)5-7-12;/h4-7H,9-10,16H2,1-3H3;1H. The predicted molar refractivity (Wildman–Crippen MR) is 78.2 cm³/mol. The van der Waals surface area contributed by atoms with E-state index < -0.39 is 0 Å². The van der Waals surface area contributed by atoms with Crippen LogP contribution in [0.25, 0.3) is 0 Å². The largest absolute Gasteiger partial charge is 0.341 e. The van der Waals surface area contributed by atoms with Crippen LogP contribution in [0.4, 0.5) is 0 Å². The number of hydrogen-bond acceptors (Lipinski definition) is 3. The molecule has 0 aliphatic heterocycles. The topological polar surface area (TPSA) is 70.1 Å². The molecule has 0 bridgehead atoms. The van der Waals surface area contributed by atoms with E-state index in [0.717, 1.165) is 0 Å². The molecule has 0 aromatic heterocycles. The van der Waals surface area contributed by atoms with Crippen molar-refractivity contribution in [2.45, 2.75) is 13.8 Å². The van der Waals surface area contributed by atoms with E-state index in [1.165, 1.54) is 0 Å². The SMILES string of the molecule is CN(CC(C)(C)CN)C(=O)c1ccc(C#N)cc1.Cl. The highest BCUT2D eigenvalue weighted by Crippen LogP contribution is 2.15. The van der Waals surface area contributed by atoms with Gasteiger partial charge < -0.3 is 10.6 Å². The molecular weight excluding hydrogens is 262 g/mol. The van der Waals surface area contributed by atoms with Gasteiger partial charge in [-0.15, -0.1) is 12.4 Å². The number of amides is 1. The number of nitrogens with zero attached hydrogens (tertiary/aromatic N) is 2. The van der Waals surface area contributed by atoms with Crippen molar-refractivity contribution >= 4 is 18.3 Å². The van der Waals surface area contributed by atoms with Crippen LogP contribution in [-0.4, -0.2) is 30.9 Å². The number of hydrogen-bond donors (Lipinski definition) is 1. The van der Waals surface area contributed by atoms with Crippen LogP contribution in [-0.2, 0) is 0 Å².